The van der Waals surface area contributed by atoms with Crippen molar-refractivity contribution >= 4 is 23.2 Å². The van der Waals surface area contributed by atoms with Gasteiger partial charge in [-0.2, -0.15) is 0 Å². The van der Waals surface area contributed by atoms with E-state index in [2.05, 4.69) is 10.4 Å². The molecule has 0 spiro atoms. The predicted molar refractivity (Wildman–Crippen MR) is 69.9 cm³/mol. The average Bonchev–Trinajstić information content (AvgIpc) is 2.36. The summed E-state index contributed by atoms with van der Waals surface area (Å²) in [5.74, 6) is 5.56. The van der Waals surface area contributed by atoms with Crippen molar-refractivity contribution in [2.75, 3.05) is 0 Å². The van der Waals surface area contributed by atoms with Crippen molar-refractivity contribution in [3.05, 3.63) is 63.9 Å². The summed E-state index contributed by atoms with van der Waals surface area (Å²) in [4.78, 5) is 4.25. The van der Waals surface area contributed by atoms with Crippen LogP contribution in [0.2, 0.25) is 10.0 Å². The summed E-state index contributed by atoms with van der Waals surface area (Å²) >= 11 is 12.1. The lowest BCUT2D eigenvalue weighted by atomic mass is 10.0. The maximum Gasteiger partial charge on any atom is 0.0896 e. The lowest BCUT2D eigenvalue weighted by Gasteiger charge is -2.17. The third kappa shape index (κ3) is 2.76. The number of nitrogens with one attached hydrogen (secondary N) is 1. The second-order valence-electron chi connectivity index (χ2n) is 3.52. The number of hydrogen-bond donors (Lipinski definition) is 2. The van der Waals surface area contributed by atoms with Gasteiger partial charge in [-0.15, -0.1) is 0 Å². The van der Waals surface area contributed by atoms with Gasteiger partial charge in [0.05, 0.1) is 11.7 Å². The van der Waals surface area contributed by atoms with Crippen molar-refractivity contribution in [1.82, 2.24) is 10.4 Å². The van der Waals surface area contributed by atoms with Crippen LogP contribution in [0.25, 0.3) is 0 Å². The number of nitrogens with two attached hydrogens (primary N) is 1. The Hall–Kier alpha value is -1.13. The highest BCUT2D eigenvalue weighted by Gasteiger charge is 2.16. The molecular formula is C12H11Cl2N3. The van der Waals surface area contributed by atoms with Gasteiger partial charge in [-0.1, -0.05) is 29.3 Å². The molecule has 1 unspecified atom stereocenters. The Morgan fingerprint density at radius 1 is 1.18 bits per heavy atom. The standard InChI is InChI=1S/C12H11Cl2N3/c13-8-4-5-10(14)9(7-8)12(17-15)11-3-1-2-6-16-11/h1-7,12,17H,15H2. The van der Waals surface area contributed by atoms with E-state index in [1.165, 1.54) is 0 Å². The molecule has 0 aliphatic rings. The van der Waals surface area contributed by atoms with E-state index in [1.807, 2.05) is 18.2 Å². The molecule has 1 aromatic heterocycles. The molecule has 0 aliphatic heterocycles. The maximum atomic E-state index is 6.14. The summed E-state index contributed by atoms with van der Waals surface area (Å²) in [6.45, 7) is 0. The van der Waals surface area contributed by atoms with Crippen LogP contribution in [0.4, 0.5) is 0 Å². The van der Waals surface area contributed by atoms with Crippen molar-refractivity contribution in [3.63, 3.8) is 0 Å². The topological polar surface area (TPSA) is 50.9 Å². The number of rotatable bonds is 3. The summed E-state index contributed by atoms with van der Waals surface area (Å²) in [6, 6.07) is 10.6. The Labute approximate surface area is 110 Å². The lowest BCUT2D eigenvalue weighted by Crippen LogP contribution is -2.29. The molecule has 3 N–H and O–H groups in total. The Morgan fingerprint density at radius 3 is 2.65 bits per heavy atom. The van der Waals surface area contributed by atoms with Gasteiger partial charge in [0.25, 0.3) is 0 Å². The summed E-state index contributed by atoms with van der Waals surface area (Å²) in [5, 5.41) is 1.21. The highest BCUT2D eigenvalue weighted by Crippen LogP contribution is 2.29. The van der Waals surface area contributed by atoms with Crippen molar-refractivity contribution in [3.8, 4) is 0 Å². The molecular weight excluding hydrogens is 257 g/mol. The molecule has 2 rings (SSSR count). The van der Waals surface area contributed by atoms with E-state index < -0.39 is 0 Å². The lowest BCUT2D eigenvalue weighted by molar-refractivity contribution is 0.621. The van der Waals surface area contributed by atoms with Gasteiger partial charge in [0.2, 0.25) is 0 Å². The molecule has 17 heavy (non-hydrogen) atoms. The van der Waals surface area contributed by atoms with Crippen LogP contribution in [0.15, 0.2) is 42.6 Å². The minimum absolute atomic E-state index is 0.276. The molecule has 0 saturated heterocycles. The number of nitrogens with zero attached hydrogens (tertiary/aromatic N) is 1. The fourth-order valence-corrected chi connectivity index (χ4v) is 2.02. The number of pyridine rings is 1. The van der Waals surface area contributed by atoms with Crippen LogP contribution in [0.5, 0.6) is 0 Å². The second kappa shape index (κ2) is 5.47. The Kier molecular flexibility index (Phi) is 3.97. The van der Waals surface area contributed by atoms with E-state index in [0.717, 1.165) is 11.3 Å². The van der Waals surface area contributed by atoms with Gasteiger partial charge in [0.15, 0.2) is 0 Å². The molecule has 0 saturated carbocycles. The Morgan fingerprint density at radius 2 is 2.00 bits per heavy atom. The van der Waals surface area contributed by atoms with Crippen LogP contribution < -0.4 is 11.3 Å². The molecule has 3 nitrogen and oxygen atoms in total. The van der Waals surface area contributed by atoms with Crippen molar-refractivity contribution in [1.29, 1.82) is 0 Å². The number of hydrogen-bond acceptors (Lipinski definition) is 3. The predicted octanol–water partition coefficient (Wildman–Crippen LogP) is 2.94. The van der Waals surface area contributed by atoms with Crippen molar-refractivity contribution in [2.24, 2.45) is 5.84 Å². The Bertz CT molecular complexity index is 502. The minimum Gasteiger partial charge on any atom is -0.271 e. The number of halogens is 2. The normalized spacial score (nSPS) is 12.4. The average molecular weight is 268 g/mol. The first-order valence-electron chi connectivity index (χ1n) is 5.04. The van der Waals surface area contributed by atoms with E-state index >= 15 is 0 Å². The third-order valence-electron chi connectivity index (χ3n) is 2.42. The van der Waals surface area contributed by atoms with Crippen LogP contribution in [-0.2, 0) is 0 Å². The van der Waals surface area contributed by atoms with Crippen LogP contribution in [0.3, 0.4) is 0 Å². The quantitative estimate of drug-likeness (QED) is 0.664. The zero-order valence-electron chi connectivity index (χ0n) is 8.90. The summed E-state index contributed by atoms with van der Waals surface area (Å²) in [5.41, 5.74) is 4.29. The molecule has 0 fully saturated rings. The zero-order valence-corrected chi connectivity index (χ0v) is 10.4. The first-order valence-corrected chi connectivity index (χ1v) is 5.80. The Balaban J connectivity index is 2.46. The van der Waals surface area contributed by atoms with Gasteiger partial charge < -0.3 is 0 Å². The van der Waals surface area contributed by atoms with Gasteiger partial charge in [-0.3, -0.25) is 10.8 Å². The monoisotopic (exact) mass is 267 g/mol. The minimum atomic E-state index is -0.276. The van der Waals surface area contributed by atoms with Crippen molar-refractivity contribution in [2.45, 2.75) is 6.04 Å². The molecule has 0 amide bonds. The summed E-state index contributed by atoms with van der Waals surface area (Å²) in [7, 11) is 0. The molecule has 0 radical (unpaired) electrons. The fourth-order valence-electron chi connectivity index (χ4n) is 1.62. The summed E-state index contributed by atoms with van der Waals surface area (Å²) in [6.07, 6.45) is 1.71. The van der Waals surface area contributed by atoms with Crippen LogP contribution >= 0.6 is 23.2 Å². The fraction of sp³-hybridized carbons (Fsp3) is 0.0833. The highest BCUT2D eigenvalue weighted by molar-refractivity contribution is 6.33. The van der Waals surface area contributed by atoms with E-state index in [-0.39, 0.29) is 6.04 Å². The van der Waals surface area contributed by atoms with E-state index in [0.29, 0.717) is 10.0 Å². The van der Waals surface area contributed by atoms with Crippen molar-refractivity contribution < 1.29 is 0 Å². The summed E-state index contributed by atoms with van der Waals surface area (Å²) < 4.78 is 0. The largest absolute Gasteiger partial charge is 0.271 e. The molecule has 1 aromatic carbocycles. The van der Waals surface area contributed by atoms with Gasteiger partial charge in [0, 0.05) is 16.2 Å². The number of hydrazine groups is 1. The van der Waals surface area contributed by atoms with E-state index in [9.17, 15) is 0 Å². The number of benzene rings is 1. The first-order chi connectivity index (χ1) is 8.22. The molecule has 0 bridgehead atoms. The van der Waals surface area contributed by atoms with Gasteiger partial charge in [0.1, 0.15) is 0 Å². The van der Waals surface area contributed by atoms with Crippen LogP contribution in [-0.4, -0.2) is 4.98 Å². The van der Waals surface area contributed by atoms with Gasteiger partial charge in [-0.25, -0.2) is 5.43 Å². The third-order valence-corrected chi connectivity index (χ3v) is 3.00. The van der Waals surface area contributed by atoms with E-state index in [1.54, 1.807) is 24.4 Å². The molecule has 5 heteroatoms. The molecule has 1 atom stereocenters. The van der Waals surface area contributed by atoms with Gasteiger partial charge >= 0.3 is 0 Å². The first kappa shape index (κ1) is 12.3. The maximum absolute atomic E-state index is 6.14. The van der Waals surface area contributed by atoms with Crippen LogP contribution in [0.1, 0.15) is 17.3 Å². The second-order valence-corrected chi connectivity index (χ2v) is 4.36. The van der Waals surface area contributed by atoms with E-state index in [4.69, 9.17) is 29.0 Å². The molecule has 88 valence electrons. The zero-order chi connectivity index (χ0) is 12.3. The molecule has 0 aliphatic carbocycles. The SMILES string of the molecule is NNC(c1ccccn1)c1cc(Cl)ccc1Cl. The molecule has 2 aromatic rings. The highest BCUT2D eigenvalue weighted by atomic mass is 35.5. The van der Waals surface area contributed by atoms with Gasteiger partial charge in [-0.05, 0) is 35.9 Å². The molecule has 1 heterocycles. The van der Waals surface area contributed by atoms with Crippen LogP contribution in [0, 0.1) is 0 Å². The number of aromatic nitrogens is 1. The smallest absolute Gasteiger partial charge is 0.0896 e.